The zero-order valence-corrected chi connectivity index (χ0v) is 10.7. The van der Waals surface area contributed by atoms with Gasteiger partial charge in [0, 0.05) is 19.5 Å². The van der Waals surface area contributed by atoms with Crippen LogP contribution in [0.15, 0.2) is 0 Å². The molecule has 0 aromatic carbocycles. The van der Waals surface area contributed by atoms with E-state index in [1.165, 1.54) is 0 Å². The molecule has 0 radical (unpaired) electrons. The first-order chi connectivity index (χ1) is 8.04. The van der Waals surface area contributed by atoms with Crippen molar-refractivity contribution in [2.24, 2.45) is 0 Å². The molecule has 0 spiro atoms. The Hall–Kier alpha value is -1.63. The van der Waals surface area contributed by atoms with Crippen LogP contribution in [0.5, 0.6) is 0 Å². The van der Waals surface area contributed by atoms with E-state index in [4.69, 9.17) is 5.73 Å². The third kappa shape index (κ3) is 4.03. The first-order valence-corrected chi connectivity index (χ1v) is 6.14. The van der Waals surface area contributed by atoms with Gasteiger partial charge in [-0.1, -0.05) is 11.3 Å². The van der Waals surface area contributed by atoms with Crippen LogP contribution >= 0.6 is 11.3 Å². The lowest BCUT2D eigenvalue weighted by molar-refractivity contribution is -0.120. The summed E-state index contributed by atoms with van der Waals surface area (Å²) >= 11 is 1.15. The molecular formula is C10H16N4O2S. The zero-order chi connectivity index (χ0) is 12.8. The molecule has 6 nitrogen and oxygen atoms in total. The molecule has 0 unspecified atom stereocenters. The monoisotopic (exact) mass is 256 g/mol. The molecule has 0 fully saturated rings. The molecule has 0 saturated heterocycles. The van der Waals surface area contributed by atoms with Crippen molar-refractivity contribution in [3.63, 3.8) is 0 Å². The highest BCUT2D eigenvalue weighted by Gasteiger charge is 2.13. The molecule has 7 heteroatoms. The average molecular weight is 256 g/mol. The van der Waals surface area contributed by atoms with Gasteiger partial charge in [0.15, 0.2) is 5.13 Å². The van der Waals surface area contributed by atoms with E-state index in [9.17, 15) is 9.59 Å². The minimum Gasteiger partial charge on any atom is -0.375 e. The van der Waals surface area contributed by atoms with Gasteiger partial charge in [-0.3, -0.25) is 9.59 Å². The zero-order valence-electron chi connectivity index (χ0n) is 9.87. The van der Waals surface area contributed by atoms with Gasteiger partial charge in [0.2, 0.25) is 5.91 Å². The Morgan fingerprint density at radius 1 is 1.41 bits per heavy atom. The van der Waals surface area contributed by atoms with Gasteiger partial charge in [0.05, 0.1) is 5.69 Å². The van der Waals surface area contributed by atoms with E-state index >= 15 is 0 Å². The molecule has 0 saturated carbocycles. The Morgan fingerprint density at radius 2 is 2.12 bits per heavy atom. The quantitative estimate of drug-likeness (QED) is 0.705. The predicted octanol–water partition coefficient (Wildman–Crippen LogP) is 0.290. The van der Waals surface area contributed by atoms with Crippen molar-refractivity contribution in [1.82, 2.24) is 15.6 Å². The summed E-state index contributed by atoms with van der Waals surface area (Å²) < 4.78 is 0. The fourth-order valence-electron chi connectivity index (χ4n) is 1.28. The minimum atomic E-state index is -0.235. The fourth-order valence-corrected chi connectivity index (χ4v) is 2.03. The number of thiazole rings is 1. The van der Waals surface area contributed by atoms with Gasteiger partial charge >= 0.3 is 0 Å². The summed E-state index contributed by atoms with van der Waals surface area (Å²) in [5.74, 6) is -0.311. The molecule has 2 amide bonds. The summed E-state index contributed by atoms with van der Waals surface area (Å²) in [7, 11) is 0. The second-order valence-corrected chi connectivity index (χ2v) is 4.46. The number of carbonyl (C=O) groups is 2. The first kappa shape index (κ1) is 13.4. The number of nitrogens with zero attached hydrogens (tertiary/aromatic N) is 1. The molecule has 0 aliphatic carbocycles. The summed E-state index contributed by atoms with van der Waals surface area (Å²) in [5, 5.41) is 5.68. The molecule has 0 aliphatic heterocycles. The number of aromatic nitrogens is 1. The van der Waals surface area contributed by atoms with Gasteiger partial charge in [0.25, 0.3) is 5.91 Å². The fraction of sp³-hybridized carbons (Fsp3) is 0.500. The Morgan fingerprint density at radius 3 is 2.65 bits per heavy atom. The smallest absolute Gasteiger partial charge is 0.263 e. The normalized spacial score (nSPS) is 10.0. The van der Waals surface area contributed by atoms with E-state index < -0.39 is 0 Å². The molecule has 1 aromatic rings. The number of hydrogen-bond acceptors (Lipinski definition) is 5. The summed E-state index contributed by atoms with van der Waals surface area (Å²) in [6.45, 7) is 4.48. The highest BCUT2D eigenvalue weighted by atomic mass is 32.1. The molecule has 4 N–H and O–H groups in total. The highest BCUT2D eigenvalue weighted by Crippen LogP contribution is 2.19. The number of nitrogens with one attached hydrogen (secondary N) is 2. The molecule has 94 valence electrons. The van der Waals surface area contributed by atoms with Crippen LogP contribution in [0, 0.1) is 6.92 Å². The summed E-state index contributed by atoms with van der Waals surface area (Å²) in [6, 6.07) is 0. The van der Waals surface area contributed by atoms with E-state index in [1.807, 2.05) is 6.92 Å². The maximum absolute atomic E-state index is 11.7. The summed E-state index contributed by atoms with van der Waals surface area (Å²) in [6.07, 6.45) is 0.271. The van der Waals surface area contributed by atoms with Gasteiger partial charge in [-0.15, -0.1) is 0 Å². The summed E-state index contributed by atoms with van der Waals surface area (Å²) in [4.78, 5) is 27.3. The second-order valence-electron chi connectivity index (χ2n) is 3.43. The van der Waals surface area contributed by atoms with Crippen LogP contribution in [0.2, 0.25) is 0 Å². The van der Waals surface area contributed by atoms with Gasteiger partial charge in [-0.2, -0.15) is 0 Å². The molecule has 17 heavy (non-hydrogen) atoms. The molecule has 0 aliphatic rings. The van der Waals surface area contributed by atoms with Crippen LogP contribution in [0.1, 0.15) is 28.7 Å². The van der Waals surface area contributed by atoms with E-state index in [0.29, 0.717) is 28.8 Å². The first-order valence-electron chi connectivity index (χ1n) is 5.32. The Balaban J connectivity index is 2.40. The maximum atomic E-state index is 11.7. The van der Waals surface area contributed by atoms with Crippen molar-refractivity contribution in [2.75, 3.05) is 18.8 Å². The molecule has 1 aromatic heterocycles. The van der Waals surface area contributed by atoms with Crippen LogP contribution in [-0.4, -0.2) is 29.9 Å². The van der Waals surface area contributed by atoms with Crippen LogP contribution in [0.25, 0.3) is 0 Å². The molecular weight excluding hydrogens is 240 g/mol. The van der Waals surface area contributed by atoms with Crippen LogP contribution < -0.4 is 16.4 Å². The van der Waals surface area contributed by atoms with Gasteiger partial charge < -0.3 is 16.4 Å². The third-order valence-electron chi connectivity index (χ3n) is 2.03. The van der Waals surface area contributed by atoms with E-state index in [-0.39, 0.29) is 18.2 Å². The standard InChI is InChI=1S/C10H16N4O2S/c1-3-12-7(15)4-5-13-9(16)8-6(2)14-10(11)17-8/h3-5H2,1-2H3,(H2,11,14)(H,12,15)(H,13,16). The number of amides is 2. The van der Waals surface area contributed by atoms with Gasteiger partial charge in [0.1, 0.15) is 4.88 Å². The number of hydrogen-bond donors (Lipinski definition) is 3. The molecule has 0 bridgehead atoms. The number of anilines is 1. The number of nitrogen functional groups attached to an aromatic ring is 1. The Bertz CT molecular complexity index is 416. The topological polar surface area (TPSA) is 97.1 Å². The summed E-state index contributed by atoms with van der Waals surface area (Å²) in [5.41, 5.74) is 6.11. The largest absolute Gasteiger partial charge is 0.375 e. The third-order valence-corrected chi connectivity index (χ3v) is 3.02. The molecule has 1 heterocycles. The second kappa shape index (κ2) is 6.19. The van der Waals surface area contributed by atoms with Crippen LogP contribution in [0.4, 0.5) is 5.13 Å². The van der Waals surface area contributed by atoms with Crippen molar-refractivity contribution in [3.05, 3.63) is 10.6 Å². The van der Waals surface area contributed by atoms with E-state index in [1.54, 1.807) is 6.92 Å². The Labute approximate surface area is 104 Å². The van der Waals surface area contributed by atoms with Crippen molar-refractivity contribution in [3.8, 4) is 0 Å². The lowest BCUT2D eigenvalue weighted by Gasteiger charge is -2.04. The van der Waals surface area contributed by atoms with Crippen LogP contribution in [0.3, 0.4) is 0 Å². The predicted molar refractivity (Wildman–Crippen MR) is 66.9 cm³/mol. The van der Waals surface area contributed by atoms with Crippen molar-refractivity contribution >= 4 is 28.3 Å². The maximum Gasteiger partial charge on any atom is 0.263 e. The molecule has 0 atom stereocenters. The van der Waals surface area contributed by atoms with Gasteiger partial charge in [-0.25, -0.2) is 4.98 Å². The van der Waals surface area contributed by atoms with Crippen molar-refractivity contribution in [2.45, 2.75) is 20.3 Å². The van der Waals surface area contributed by atoms with E-state index in [0.717, 1.165) is 11.3 Å². The lowest BCUT2D eigenvalue weighted by atomic mass is 10.3. The van der Waals surface area contributed by atoms with Crippen LogP contribution in [-0.2, 0) is 4.79 Å². The lowest BCUT2D eigenvalue weighted by Crippen LogP contribution is -2.30. The number of aryl methyl sites for hydroxylation is 1. The van der Waals surface area contributed by atoms with E-state index in [2.05, 4.69) is 15.6 Å². The number of rotatable bonds is 5. The van der Waals surface area contributed by atoms with Crippen molar-refractivity contribution in [1.29, 1.82) is 0 Å². The highest BCUT2D eigenvalue weighted by molar-refractivity contribution is 7.17. The number of carbonyl (C=O) groups excluding carboxylic acids is 2. The van der Waals surface area contributed by atoms with Gasteiger partial charge in [-0.05, 0) is 13.8 Å². The number of nitrogens with two attached hydrogens (primary N) is 1. The molecule has 1 rings (SSSR count). The Kier molecular flexibility index (Phi) is 4.89. The SMILES string of the molecule is CCNC(=O)CCNC(=O)c1sc(N)nc1C. The average Bonchev–Trinajstić information content (AvgIpc) is 2.58. The van der Waals surface area contributed by atoms with Crippen molar-refractivity contribution < 1.29 is 9.59 Å². The minimum absolute atomic E-state index is 0.0756.